The van der Waals surface area contributed by atoms with Gasteiger partial charge in [-0.3, -0.25) is 0 Å². The Kier molecular flexibility index (Phi) is 7.19. The van der Waals surface area contributed by atoms with Crippen molar-refractivity contribution in [1.82, 2.24) is 4.81 Å². The Hall–Kier alpha value is -2.14. The van der Waals surface area contributed by atoms with Crippen LogP contribution < -0.4 is 4.90 Å². The highest BCUT2D eigenvalue weighted by molar-refractivity contribution is 6.03. The SMILES string of the molecule is CN(C)c1ccc(N=Nc2ccccc2)cc1.[B]N(C)C. The van der Waals surface area contributed by atoms with E-state index < -0.39 is 0 Å². The zero-order valence-electron chi connectivity index (χ0n) is 13.1. The standard InChI is InChI=1S/C14H15N3.C2H6BN/c1-17(2)14-10-8-13(9-11-14)16-15-12-6-4-3-5-7-12;1-4(2)3/h3-11H,1-2H3;1-2H3. The number of rotatable bonds is 3. The quantitative estimate of drug-likeness (QED) is 0.632. The number of benzene rings is 2. The van der Waals surface area contributed by atoms with Crippen LogP contribution in [0.15, 0.2) is 64.8 Å². The summed E-state index contributed by atoms with van der Waals surface area (Å²) in [5, 5.41) is 8.35. The first kappa shape index (κ1) is 16.9. The van der Waals surface area contributed by atoms with Gasteiger partial charge in [-0.05, 0) is 50.5 Å². The molecule has 2 aromatic rings. The summed E-state index contributed by atoms with van der Waals surface area (Å²) in [4.78, 5) is 3.55. The number of nitrogens with zero attached hydrogens (tertiary/aromatic N) is 4. The van der Waals surface area contributed by atoms with Gasteiger partial charge >= 0.3 is 0 Å². The van der Waals surface area contributed by atoms with Gasteiger partial charge in [-0.2, -0.15) is 10.2 Å². The van der Waals surface area contributed by atoms with Crippen LogP contribution in [0.2, 0.25) is 0 Å². The van der Waals surface area contributed by atoms with E-state index in [1.54, 1.807) is 14.1 Å². The molecule has 0 aliphatic heterocycles. The van der Waals surface area contributed by atoms with Gasteiger partial charge in [0.2, 0.25) is 0 Å². The fourth-order valence-corrected chi connectivity index (χ4v) is 1.43. The monoisotopic (exact) mass is 280 g/mol. The first-order chi connectivity index (χ1) is 9.99. The summed E-state index contributed by atoms with van der Waals surface area (Å²) in [6, 6.07) is 17.7. The minimum absolute atomic E-state index is 0.861. The summed E-state index contributed by atoms with van der Waals surface area (Å²) >= 11 is 0. The lowest BCUT2D eigenvalue weighted by atomic mass is 10.3. The fourth-order valence-electron chi connectivity index (χ4n) is 1.43. The molecule has 4 nitrogen and oxygen atoms in total. The van der Waals surface area contributed by atoms with Crippen molar-refractivity contribution >= 4 is 25.0 Å². The normalized spacial score (nSPS) is 10.3. The van der Waals surface area contributed by atoms with Crippen LogP contribution in [0, 0.1) is 0 Å². The van der Waals surface area contributed by atoms with Crippen LogP contribution >= 0.6 is 0 Å². The van der Waals surface area contributed by atoms with E-state index in [9.17, 15) is 0 Å². The zero-order chi connectivity index (χ0) is 15.7. The summed E-state index contributed by atoms with van der Waals surface area (Å²) in [6.45, 7) is 0. The third-order valence-corrected chi connectivity index (χ3v) is 2.40. The highest BCUT2D eigenvalue weighted by Gasteiger charge is 1.94. The second-order valence-electron chi connectivity index (χ2n) is 4.91. The van der Waals surface area contributed by atoms with E-state index in [0.717, 1.165) is 17.1 Å². The average molecular weight is 280 g/mol. The van der Waals surface area contributed by atoms with Crippen molar-refractivity contribution in [3.63, 3.8) is 0 Å². The molecule has 0 N–H and O–H groups in total. The predicted octanol–water partition coefficient (Wildman–Crippen LogP) is 3.80. The third kappa shape index (κ3) is 7.27. The van der Waals surface area contributed by atoms with Crippen molar-refractivity contribution in [1.29, 1.82) is 0 Å². The average Bonchev–Trinajstić information content (AvgIpc) is 2.46. The molecule has 21 heavy (non-hydrogen) atoms. The van der Waals surface area contributed by atoms with Crippen LogP contribution in [0.3, 0.4) is 0 Å². The van der Waals surface area contributed by atoms with Gasteiger partial charge in [-0.25, -0.2) is 0 Å². The molecule has 108 valence electrons. The van der Waals surface area contributed by atoms with E-state index in [4.69, 9.17) is 7.98 Å². The Morgan fingerprint density at radius 2 is 1.14 bits per heavy atom. The Balaban J connectivity index is 0.000000491. The van der Waals surface area contributed by atoms with E-state index in [1.807, 2.05) is 68.7 Å². The van der Waals surface area contributed by atoms with Gasteiger partial charge < -0.3 is 9.71 Å². The molecule has 5 heteroatoms. The minimum Gasteiger partial charge on any atom is -0.378 e. The van der Waals surface area contributed by atoms with Gasteiger partial charge in [-0.15, -0.1) is 0 Å². The second-order valence-corrected chi connectivity index (χ2v) is 4.91. The van der Waals surface area contributed by atoms with Gasteiger partial charge in [0.15, 0.2) is 7.98 Å². The van der Waals surface area contributed by atoms with Crippen LogP contribution in [0.25, 0.3) is 0 Å². The highest BCUT2D eigenvalue weighted by Crippen LogP contribution is 2.20. The first-order valence-corrected chi connectivity index (χ1v) is 6.65. The largest absolute Gasteiger partial charge is 0.378 e. The molecule has 0 heterocycles. The lowest BCUT2D eigenvalue weighted by molar-refractivity contribution is 0.679. The molecule has 0 aromatic heterocycles. The number of anilines is 1. The second kappa shape index (κ2) is 8.92. The minimum atomic E-state index is 0.861. The van der Waals surface area contributed by atoms with Gasteiger partial charge in [0, 0.05) is 19.8 Å². The third-order valence-electron chi connectivity index (χ3n) is 2.40. The smallest absolute Gasteiger partial charge is 0.181 e. The number of azo groups is 1. The zero-order valence-corrected chi connectivity index (χ0v) is 13.1. The van der Waals surface area contributed by atoms with Crippen LogP contribution in [-0.4, -0.2) is 41.0 Å². The van der Waals surface area contributed by atoms with E-state index >= 15 is 0 Å². The van der Waals surface area contributed by atoms with Crippen molar-refractivity contribution in [3.8, 4) is 0 Å². The van der Waals surface area contributed by atoms with Gasteiger partial charge in [0.1, 0.15) is 0 Å². The maximum atomic E-state index is 4.94. The molecule has 0 atom stereocenters. The molecule has 2 radical (unpaired) electrons. The van der Waals surface area contributed by atoms with Crippen molar-refractivity contribution in [3.05, 3.63) is 54.6 Å². The van der Waals surface area contributed by atoms with Crippen molar-refractivity contribution in [2.45, 2.75) is 0 Å². The van der Waals surface area contributed by atoms with E-state index in [0.29, 0.717) is 0 Å². The van der Waals surface area contributed by atoms with Crippen molar-refractivity contribution < 1.29 is 0 Å². The predicted molar refractivity (Wildman–Crippen MR) is 90.8 cm³/mol. The molecule has 0 bridgehead atoms. The molecule has 0 aliphatic rings. The fraction of sp³-hybridized carbons (Fsp3) is 0.250. The van der Waals surface area contributed by atoms with Gasteiger partial charge in [0.25, 0.3) is 0 Å². The molecule has 0 amide bonds. The highest BCUT2D eigenvalue weighted by atomic mass is 15.1. The summed E-state index contributed by atoms with van der Waals surface area (Å²) < 4.78 is 0. The van der Waals surface area contributed by atoms with Gasteiger partial charge in [-0.1, -0.05) is 18.2 Å². The molecular weight excluding hydrogens is 259 g/mol. The first-order valence-electron chi connectivity index (χ1n) is 6.65. The Labute approximate surface area is 128 Å². The molecule has 2 rings (SSSR count). The summed E-state index contributed by atoms with van der Waals surface area (Å²) in [5.41, 5.74) is 2.88. The molecule has 0 fully saturated rings. The molecule has 0 aliphatic carbocycles. The van der Waals surface area contributed by atoms with E-state index in [-0.39, 0.29) is 0 Å². The Bertz CT molecular complexity index is 533. The van der Waals surface area contributed by atoms with Crippen LogP contribution in [-0.2, 0) is 0 Å². The Morgan fingerprint density at radius 1 is 0.714 bits per heavy atom. The summed E-state index contributed by atoms with van der Waals surface area (Å²) in [6.07, 6.45) is 0. The van der Waals surface area contributed by atoms with Crippen LogP contribution in [0.1, 0.15) is 0 Å². The van der Waals surface area contributed by atoms with E-state index in [2.05, 4.69) is 15.1 Å². The van der Waals surface area contributed by atoms with Crippen molar-refractivity contribution in [2.24, 2.45) is 10.2 Å². The molecule has 0 spiro atoms. The molecule has 0 unspecified atom stereocenters. The number of hydrogen-bond acceptors (Lipinski definition) is 4. The van der Waals surface area contributed by atoms with Crippen LogP contribution in [0.4, 0.5) is 17.1 Å². The number of hydrogen-bond donors (Lipinski definition) is 0. The van der Waals surface area contributed by atoms with Gasteiger partial charge in [0.05, 0.1) is 11.4 Å². The van der Waals surface area contributed by atoms with Crippen molar-refractivity contribution in [2.75, 3.05) is 33.1 Å². The van der Waals surface area contributed by atoms with E-state index in [1.165, 1.54) is 4.81 Å². The van der Waals surface area contributed by atoms with Crippen LogP contribution in [0.5, 0.6) is 0 Å². The molecule has 2 aromatic carbocycles. The molecular formula is C16H21BN4. The topological polar surface area (TPSA) is 31.2 Å². The summed E-state index contributed by atoms with van der Waals surface area (Å²) in [5.74, 6) is 0. The maximum absolute atomic E-state index is 4.94. The lowest BCUT2D eigenvalue weighted by Crippen LogP contribution is -2.07. The molecule has 0 saturated carbocycles. The molecule has 0 saturated heterocycles. The Morgan fingerprint density at radius 3 is 1.57 bits per heavy atom. The summed E-state index contributed by atoms with van der Waals surface area (Å²) in [7, 11) is 12.5. The maximum Gasteiger partial charge on any atom is 0.181 e. The lowest BCUT2D eigenvalue weighted by Gasteiger charge is -2.11.